The van der Waals surface area contributed by atoms with E-state index in [1.807, 2.05) is 0 Å². The largest absolute Gasteiger partial charge is 0.322 e. The topological polar surface area (TPSA) is 66.5 Å². The molecule has 0 bridgehead atoms. The Morgan fingerprint density at radius 2 is 1.68 bits per heavy atom. The summed E-state index contributed by atoms with van der Waals surface area (Å²) in [5, 5.41) is 3.37. The molecule has 2 aromatic rings. The molecule has 5 nitrogen and oxygen atoms in total. The molecule has 0 unspecified atom stereocenters. The van der Waals surface area contributed by atoms with E-state index in [9.17, 15) is 13.2 Å². The average Bonchev–Trinajstić information content (AvgIpc) is 2.56. The first-order valence-electron chi connectivity index (χ1n) is 7.47. The lowest BCUT2D eigenvalue weighted by atomic mass is 10.2. The highest BCUT2D eigenvalue weighted by Gasteiger charge is 2.25. The first-order chi connectivity index (χ1) is 11.6. The van der Waals surface area contributed by atoms with Crippen LogP contribution in [0.3, 0.4) is 0 Å². The molecule has 0 aliphatic heterocycles. The molecule has 0 fully saturated rings. The molecule has 0 saturated heterocycles. The minimum absolute atomic E-state index is 0.00866. The fourth-order valence-electron chi connectivity index (χ4n) is 2.01. The van der Waals surface area contributed by atoms with Crippen LogP contribution in [0.25, 0.3) is 0 Å². The summed E-state index contributed by atoms with van der Waals surface area (Å²) >= 11 is 11.9. The van der Waals surface area contributed by atoms with E-state index in [4.69, 9.17) is 23.2 Å². The van der Waals surface area contributed by atoms with Crippen LogP contribution in [0.1, 0.15) is 24.2 Å². The average molecular weight is 401 g/mol. The summed E-state index contributed by atoms with van der Waals surface area (Å²) in [5.74, 6) is -0.503. The molecule has 8 heteroatoms. The zero-order chi connectivity index (χ0) is 18.8. The summed E-state index contributed by atoms with van der Waals surface area (Å²) in [5.41, 5.74) is 0.605. The molecule has 0 aliphatic rings. The van der Waals surface area contributed by atoms with Crippen molar-refractivity contribution < 1.29 is 13.2 Å². The number of halogens is 2. The van der Waals surface area contributed by atoms with E-state index in [2.05, 4.69) is 5.32 Å². The first kappa shape index (κ1) is 19.7. The Bertz CT molecular complexity index is 881. The smallest absolute Gasteiger partial charge is 0.257 e. The van der Waals surface area contributed by atoms with Gasteiger partial charge in [0.2, 0.25) is 10.0 Å². The van der Waals surface area contributed by atoms with Gasteiger partial charge in [0.25, 0.3) is 5.91 Å². The predicted molar refractivity (Wildman–Crippen MR) is 101 cm³/mol. The van der Waals surface area contributed by atoms with Gasteiger partial charge in [-0.2, -0.15) is 4.31 Å². The van der Waals surface area contributed by atoms with E-state index in [-0.39, 0.29) is 21.5 Å². The van der Waals surface area contributed by atoms with E-state index in [1.165, 1.54) is 29.6 Å². The molecule has 0 radical (unpaired) electrons. The van der Waals surface area contributed by atoms with Gasteiger partial charge in [-0.1, -0.05) is 23.2 Å². The van der Waals surface area contributed by atoms with Gasteiger partial charge in [-0.3, -0.25) is 4.79 Å². The lowest BCUT2D eigenvalue weighted by Crippen LogP contribution is -2.33. The molecule has 25 heavy (non-hydrogen) atoms. The van der Waals surface area contributed by atoms with Crippen molar-refractivity contribution >= 4 is 44.8 Å². The second-order valence-corrected chi connectivity index (χ2v) is 8.56. The molecule has 0 saturated carbocycles. The lowest BCUT2D eigenvalue weighted by Gasteiger charge is -2.21. The van der Waals surface area contributed by atoms with E-state index in [1.54, 1.807) is 38.1 Å². The molecule has 2 aromatic carbocycles. The van der Waals surface area contributed by atoms with Crippen LogP contribution in [0.15, 0.2) is 47.4 Å². The molecule has 2 rings (SSSR count). The number of carbonyl (C=O) groups is 1. The molecular weight excluding hydrogens is 383 g/mol. The molecule has 0 atom stereocenters. The molecule has 0 spiro atoms. The number of hydrogen-bond acceptors (Lipinski definition) is 3. The van der Waals surface area contributed by atoms with Crippen molar-refractivity contribution in [1.29, 1.82) is 0 Å². The number of nitrogens with one attached hydrogen (secondary N) is 1. The Morgan fingerprint density at radius 1 is 1.08 bits per heavy atom. The van der Waals surface area contributed by atoms with Crippen LogP contribution in [0.2, 0.25) is 10.0 Å². The molecule has 1 amide bonds. The van der Waals surface area contributed by atoms with Gasteiger partial charge in [-0.15, -0.1) is 0 Å². The van der Waals surface area contributed by atoms with Gasteiger partial charge in [-0.25, -0.2) is 8.42 Å². The number of benzene rings is 2. The predicted octanol–water partition coefficient (Wildman–Crippen LogP) is 4.27. The highest BCUT2D eigenvalue weighted by molar-refractivity contribution is 7.89. The summed E-state index contributed by atoms with van der Waals surface area (Å²) in [6.07, 6.45) is 0. The third-order valence-corrected chi connectivity index (χ3v) is 6.30. The maximum atomic E-state index is 12.6. The van der Waals surface area contributed by atoms with Crippen LogP contribution in [-0.4, -0.2) is 31.7 Å². The minimum atomic E-state index is -3.71. The van der Waals surface area contributed by atoms with Crippen LogP contribution in [-0.2, 0) is 10.0 Å². The SMILES string of the molecule is CC(C)N(C)S(=O)(=O)c1ccc(Cl)c(C(=O)Nc2ccc(Cl)cc2)c1. The molecule has 134 valence electrons. The Hall–Kier alpha value is -1.60. The fraction of sp³-hybridized carbons (Fsp3) is 0.235. The van der Waals surface area contributed by atoms with Gasteiger partial charge in [-0.05, 0) is 56.3 Å². The minimum Gasteiger partial charge on any atom is -0.322 e. The quantitative estimate of drug-likeness (QED) is 0.814. The number of carbonyl (C=O) groups excluding carboxylic acids is 1. The molecular formula is C17H18Cl2N2O3S. The molecule has 0 aliphatic carbocycles. The van der Waals surface area contributed by atoms with Crippen LogP contribution in [0, 0.1) is 0 Å². The summed E-state index contributed by atoms with van der Waals surface area (Å²) < 4.78 is 26.4. The van der Waals surface area contributed by atoms with Crippen molar-refractivity contribution in [2.75, 3.05) is 12.4 Å². The van der Waals surface area contributed by atoms with Crippen molar-refractivity contribution in [3.63, 3.8) is 0 Å². The van der Waals surface area contributed by atoms with Gasteiger partial charge in [0.15, 0.2) is 0 Å². The van der Waals surface area contributed by atoms with Crippen LogP contribution in [0.5, 0.6) is 0 Å². The van der Waals surface area contributed by atoms with E-state index in [0.29, 0.717) is 10.7 Å². The Kier molecular flexibility index (Phi) is 6.11. The van der Waals surface area contributed by atoms with E-state index in [0.717, 1.165) is 0 Å². The molecule has 1 N–H and O–H groups in total. The number of sulfonamides is 1. The summed E-state index contributed by atoms with van der Waals surface area (Å²) in [7, 11) is -2.22. The normalized spacial score (nSPS) is 11.8. The summed E-state index contributed by atoms with van der Waals surface area (Å²) in [4.78, 5) is 12.5. The lowest BCUT2D eigenvalue weighted by molar-refractivity contribution is 0.102. The zero-order valence-electron chi connectivity index (χ0n) is 14.0. The number of rotatable bonds is 5. The standard InChI is InChI=1S/C17H18Cl2N2O3S/c1-11(2)21(3)25(23,24)14-8-9-16(19)15(10-14)17(22)20-13-6-4-12(18)5-7-13/h4-11H,1-3H3,(H,20,22). The van der Waals surface area contributed by atoms with Crippen molar-refractivity contribution in [2.45, 2.75) is 24.8 Å². The fourth-order valence-corrected chi connectivity index (χ4v) is 3.74. The maximum absolute atomic E-state index is 12.6. The number of amides is 1. The Balaban J connectivity index is 2.35. The van der Waals surface area contributed by atoms with Gasteiger partial charge < -0.3 is 5.32 Å². The number of anilines is 1. The van der Waals surface area contributed by atoms with Gasteiger partial charge in [0, 0.05) is 23.8 Å². The van der Waals surface area contributed by atoms with Gasteiger partial charge >= 0.3 is 0 Å². The highest BCUT2D eigenvalue weighted by Crippen LogP contribution is 2.24. The molecule has 0 heterocycles. The zero-order valence-corrected chi connectivity index (χ0v) is 16.3. The van der Waals surface area contributed by atoms with Crippen molar-refractivity contribution in [2.24, 2.45) is 0 Å². The maximum Gasteiger partial charge on any atom is 0.257 e. The van der Waals surface area contributed by atoms with Crippen molar-refractivity contribution in [3.8, 4) is 0 Å². The van der Waals surface area contributed by atoms with Crippen molar-refractivity contribution in [3.05, 3.63) is 58.1 Å². The first-order valence-corrected chi connectivity index (χ1v) is 9.67. The Morgan fingerprint density at radius 3 is 2.24 bits per heavy atom. The summed E-state index contributed by atoms with van der Waals surface area (Å²) in [6, 6.07) is 10.4. The third kappa shape index (κ3) is 4.52. The highest BCUT2D eigenvalue weighted by atomic mass is 35.5. The second kappa shape index (κ2) is 7.74. The monoisotopic (exact) mass is 400 g/mol. The van der Waals surface area contributed by atoms with Crippen LogP contribution in [0.4, 0.5) is 5.69 Å². The van der Waals surface area contributed by atoms with Crippen LogP contribution >= 0.6 is 23.2 Å². The molecule has 0 aromatic heterocycles. The Labute approximate surface area is 157 Å². The third-order valence-electron chi connectivity index (χ3n) is 3.69. The number of nitrogens with zero attached hydrogens (tertiary/aromatic N) is 1. The van der Waals surface area contributed by atoms with Gasteiger partial charge in [0.05, 0.1) is 15.5 Å². The van der Waals surface area contributed by atoms with E-state index >= 15 is 0 Å². The van der Waals surface area contributed by atoms with E-state index < -0.39 is 15.9 Å². The van der Waals surface area contributed by atoms with Crippen molar-refractivity contribution in [1.82, 2.24) is 4.31 Å². The number of hydrogen-bond donors (Lipinski definition) is 1. The second-order valence-electron chi connectivity index (χ2n) is 5.72. The summed E-state index contributed by atoms with van der Waals surface area (Å²) in [6.45, 7) is 3.53. The van der Waals surface area contributed by atoms with Gasteiger partial charge in [0.1, 0.15) is 0 Å². The van der Waals surface area contributed by atoms with Crippen LogP contribution < -0.4 is 5.32 Å².